The zero-order valence-electron chi connectivity index (χ0n) is 14.9. The molecule has 1 N–H and O–H groups in total. The monoisotopic (exact) mass is 346 g/mol. The summed E-state index contributed by atoms with van der Waals surface area (Å²) in [4.78, 5) is 15.4. The van der Waals surface area contributed by atoms with E-state index < -0.39 is 0 Å². The highest BCUT2D eigenvalue weighted by molar-refractivity contribution is 6.19. The quantitative estimate of drug-likeness (QED) is 0.727. The van der Waals surface area contributed by atoms with E-state index in [1.54, 1.807) is 0 Å². The van der Waals surface area contributed by atoms with Crippen LogP contribution in [0.5, 0.6) is 0 Å². The summed E-state index contributed by atoms with van der Waals surface area (Å²) in [5, 5.41) is 5.23. The van der Waals surface area contributed by atoms with E-state index in [1.807, 2.05) is 67.7 Å². The summed E-state index contributed by atoms with van der Waals surface area (Å²) in [5.41, 5.74) is 3.54. The zero-order valence-corrected chi connectivity index (χ0v) is 14.9. The summed E-state index contributed by atoms with van der Waals surface area (Å²) in [6.45, 7) is 3.29. The van der Waals surface area contributed by atoms with Crippen LogP contribution in [0.4, 0.5) is 11.4 Å². The van der Waals surface area contributed by atoms with Gasteiger partial charge in [-0.25, -0.2) is 0 Å². The summed E-state index contributed by atoms with van der Waals surface area (Å²) in [6.07, 6.45) is 0. The first kappa shape index (κ1) is 16.6. The van der Waals surface area contributed by atoms with Gasteiger partial charge in [-0.2, -0.15) is 0 Å². The second kappa shape index (κ2) is 7.18. The SMILES string of the molecule is CNc1cccc2cccc(C(=O)c3ccc(N4CCOCC4)cc3)c12. The lowest BCUT2D eigenvalue weighted by Gasteiger charge is -2.28. The van der Waals surface area contributed by atoms with Crippen molar-refractivity contribution in [3.8, 4) is 0 Å². The van der Waals surface area contributed by atoms with Crippen molar-refractivity contribution in [2.75, 3.05) is 43.6 Å². The zero-order chi connectivity index (χ0) is 17.9. The van der Waals surface area contributed by atoms with Gasteiger partial charge in [-0.05, 0) is 35.7 Å². The molecule has 1 heterocycles. The van der Waals surface area contributed by atoms with Crippen molar-refractivity contribution in [3.63, 3.8) is 0 Å². The van der Waals surface area contributed by atoms with Crippen molar-refractivity contribution < 1.29 is 9.53 Å². The number of carbonyl (C=O) groups is 1. The lowest BCUT2D eigenvalue weighted by Crippen LogP contribution is -2.36. The number of nitrogens with zero attached hydrogens (tertiary/aromatic N) is 1. The molecule has 1 saturated heterocycles. The summed E-state index contributed by atoms with van der Waals surface area (Å²) < 4.78 is 5.40. The molecule has 132 valence electrons. The van der Waals surface area contributed by atoms with Crippen LogP contribution in [0.25, 0.3) is 10.8 Å². The molecule has 3 aromatic rings. The molecule has 1 fully saturated rings. The summed E-state index contributed by atoms with van der Waals surface area (Å²) in [5.74, 6) is 0.0480. The predicted molar refractivity (Wildman–Crippen MR) is 106 cm³/mol. The van der Waals surface area contributed by atoms with Gasteiger partial charge in [-0.3, -0.25) is 4.79 Å². The fraction of sp³-hybridized carbons (Fsp3) is 0.227. The van der Waals surface area contributed by atoms with Gasteiger partial charge in [0.15, 0.2) is 5.78 Å². The number of morpholine rings is 1. The number of benzene rings is 3. The van der Waals surface area contributed by atoms with Gasteiger partial charge < -0.3 is 15.0 Å². The number of hydrogen-bond acceptors (Lipinski definition) is 4. The van der Waals surface area contributed by atoms with Crippen LogP contribution < -0.4 is 10.2 Å². The minimum atomic E-state index is 0.0480. The smallest absolute Gasteiger partial charge is 0.193 e. The maximum Gasteiger partial charge on any atom is 0.193 e. The fourth-order valence-corrected chi connectivity index (χ4v) is 3.54. The van der Waals surface area contributed by atoms with E-state index in [9.17, 15) is 4.79 Å². The van der Waals surface area contributed by atoms with E-state index in [2.05, 4.69) is 10.2 Å². The Hall–Kier alpha value is -2.85. The van der Waals surface area contributed by atoms with Gasteiger partial charge in [0, 0.05) is 48.0 Å². The van der Waals surface area contributed by atoms with Crippen molar-refractivity contribution in [1.29, 1.82) is 0 Å². The Bertz CT molecular complexity index is 923. The molecule has 0 bridgehead atoms. The number of rotatable bonds is 4. The fourth-order valence-electron chi connectivity index (χ4n) is 3.54. The molecule has 0 atom stereocenters. The second-order valence-electron chi connectivity index (χ2n) is 6.43. The number of carbonyl (C=O) groups excluding carboxylic acids is 1. The number of fused-ring (bicyclic) bond motifs is 1. The van der Waals surface area contributed by atoms with E-state index in [0.717, 1.165) is 54.0 Å². The van der Waals surface area contributed by atoms with Crippen LogP contribution in [0.2, 0.25) is 0 Å². The predicted octanol–water partition coefficient (Wildman–Crippen LogP) is 3.95. The Labute approximate surface area is 153 Å². The summed E-state index contributed by atoms with van der Waals surface area (Å²) in [6, 6.07) is 19.8. The molecule has 0 aromatic heterocycles. The Morgan fingerprint density at radius 1 is 0.962 bits per heavy atom. The molecule has 3 aromatic carbocycles. The normalized spacial score (nSPS) is 14.4. The van der Waals surface area contributed by atoms with Crippen LogP contribution in [0.15, 0.2) is 60.7 Å². The minimum Gasteiger partial charge on any atom is -0.388 e. The number of hydrogen-bond donors (Lipinski definition) is 1. The first-order chi connectivity index (χ1) is 12.8. The summed E-state index contributed by atoms with van der Waals surface area (Å²) >= 11 is 0. The molecule has 4 heteroatoms. The molecule has 4 nitrogen and oxygen atoms in total. The molecule has 0 aliphatic carbocycles. The van der Waals surface area contributed by atoms with Gasteiger partial charge in [0.05, 0.1) is 13.2 Å². The third-order valence-electron chi connectivity index (χ3n) is 4.92. The van der Waals surface area contributed by atoms with Crippen LogP contribution >= 0.6 is 0 Å². The molecule has 1 aliphatic rings. The third-order valence-corrected chi connectivity index (χ3v) is 4.92. The Balaban J connectivity index is 1.69. The van der Waals surface area contributed by atoms with Gasteiger partial charge in [-0.1, -0.05) is 30.3 Å². The van der Waals surface area contributed by atoms with Crippen LogP contribution in [-0.4, -0.2) is 39.1 Å². The highest BCUT2D eigenvalue weighted by Crippen LogP contribution is 2.29. The lowest BCUT2D eigenvalue weighted by atomic mass is 9.96. The standard InChI is InChI=1S/C22H22N2O2/c1-23-20-7-3-5-16-4-2-6-19(21(16)20)22(25)17-8-10-18(11-9-17)24-12-14-26-15-13-24/h2-11,23H,12-15H2,1H3. The second-order valence-corrected chi connectivity index (χ2v) is 6.43. The Morgan fingerprint density at radius 3 is 2.35 bits per heavy atom. The van der Waals surface area contributed by atoms with Crippen molar-refractivity contribution in [3.05, 3.63) is 71.8 Å². The van der Waals surface area contributed by atoms with Crippen LogP contribution in [0.3, 0.4) is 0 Å². The number of nitrogens with one attached hydrogen (secondary N) is 1. The van der Waals surface area contributed by atoms with Gasteiger partial charge in [-0.15, -0.1) is 0 Å². The van der Waals surface area contributed by atoms with Gasteiger partial charge in [0.1, 0.15) is 0 Å². The van der Waals surface area contributed by atoms with E-state index in [0.29, 0.717) is 5.56 Å². The molecule has 0 saturated carbocycles. The summed E-state index contributed by atoms with van der Waals surface area (Å²) in [7, 11) is 1.88. The van der Waals surface area contributed by atoms with E-state index in [-0.39, 0.29) is 5.78 Å². The molecular weight excluding hydrogens is 324 g/mol. The maximum atomic E-state index is 13.2. The molecule has 0 amide bonds. The molecular formula is C22H22N2O2. The molecule has 0 radical (unpaired) electrons. The van der Waals surface area contributed by atoms with Crippen LogP contribution in [0.1, 0.15) is 15.9 Å². The highest BCUT2D eigenvalue weighted by Gasteiger charge is 2.16. The van der Waals surface area contributed by atoms with Crippen LogP contribution in [0, 0.1) is 0 Å². The van der Waals surface area contributed by atoms with E-state index in [4.69, 9.17) is 4.74 Å². The van der Waals surface area contributed by atoms with Crippen molar-refractivity contribution >= 4 is 27.9 Å². The van der Waals surface area contributed by atoms with Gasteiger partial charge in [0.2, 0.25) is 0 Å². The van der Waals surface area contributed by atoms with Crippen molar-refractivity contribution in [1.82, 2.24) is 0 Å². The minimum absolute atomic E-state index is 0.0480. The third kappa shape index (κ3) is 3.04. The first-order valence-electron chi connectivity index (χ1n) is 8.95. The van der Waals surface area contributed by atoms with E-state index >= 15 is 0 Å². The van der Waals surface area contributed by atoms with Crippen molar-refractivity contribution in [2.24, 2.45) is 0 Å². The number of ether oxygens (including phenoxy) is 1. The molecule has 0 spiro atoms. The number of anilines is 2. The Morgan fingerprint density at radius 2 is 1.65 bits per heavy atom. The average Bonchev–Trinajstić information content (AvgIpc) is 2.73. The first-order valence-corrected chi connectivity index (χ1v) is 8.95. The maximum absolute atomic E-state index is 13.2. The van der Waals surface area contributed by atoms with Crippen molar-refractivity contribution in [2.45, 2.75) is 0 Å². The van der Waals surface area contributed by atoms with Gasteiger partial charge >= 0.3 is 0 Å². The molecule has 1 aliphatic heterocycles. The highest BCUT2D eigenvalue weighted by atomic mass is 16.5. The largest absolute Gasteiger partial charge is 0.388 e. The topological polar surface area (TPSA) is 41.6 Å². The number of ketones is 1. The molecule has 0 unspecified atom stereocenters. The average molecular weight is 346 g/mol. The van der Waals surface area contributed by atoms with Gasteiger partial charge in [0.25, 0.3) is 0 Å². The molecule has 26 heavy (non-hydrogen) atoms. The lowest BCUT2D eigenvalue weighted by molar-refractivity contribution is 0.104. The van der Waals surface area contributed by atoms with E-state index in [1.165, 1.54) is 0 Å². The Kier molecular flexibility index (Phi) is 4.59. The van der Waals surface area contributed by atoms with Crippen LogP contribution in [-0.2, 0) is 4.74 Å². The molecule has 4 rings (SSSR count).